The number of halogens is 2. The van der Waals surface area contributed by atoms with Gasteiger partial charge in [0.05, 0.1) is 10.3 Å². The molecule has 0 bridgehead atoms. The highest BCUT2D eigenvalue weighted by molar-refractivity contribution is 7.13. The number of rotatable bonds is 4. The van der Waals surface area contributed by atoms with Crippen LogP contribution in [-0.4, -0.2) is 59.4 Å². The maximum atomic E-state index is 13.0. The van der Waals surface area contributed by atoms with Gasteiger partial charge in [-0.3, -0.25) is 9.78 Å². The van der Waals surface area contributed by atoms with Crippen LogP contribution >= 0.6 is 36.3 Å². The second kappa shape index (κ2) is 10.6. The molecule has 1 aromatic carbocycles. The van der Waals surface area contributed by atoms with E-state index in [0.717, 1.165) is 44.0 Å². The van der Waals surface area contributed by atoms with Crippen LogP contribution in [0.3, 0.4) is 0 Å². The van der Waals surface area contributed by atoms with Crippen molar-refractivity contribution in [2.24, 2.45) is 5.92 Å². The monoisotopic (exact) mass is 479 g/mol. The normalized spacial score (nSPS) is 18.5. The van der Waals surface area contributed by atoms with Gasteiger partial charge < -0.3 is 15.1 Å². The number of pyridine rings is 1. The van der Waals surface area contributed by atoms with E-state index in [2.05, 4.69) is 37.8 Å². The second-order valence-electron chi connectivity index (χ2n) is 7.93. The third-order valence-electron chi connectivity index (χ3n) is 5.95. The van der Waals surface area contributed by atoms with Crippen LogP contribution in [0.4, 0.5) is 5.82 Å². The molecule has 2 aliphatic rings. The zero-order chi connectivity index (χ0) is 19.6. The lowest BCUT2D eigenvalue weighted by Crippen LogP contribution is -2.49. The summed E-state index contributed by atoms with van der Waals surface area (Å²) in [5.41, 5.74) is 1.87. The Labute approximate surface area is 199 Å². The Morgan fingerprint density at radius 1 is 1.13 bits per heavy atom. The van der Waals surface area contributed by atoms with Crippen LogP contribution in [0.15, 0.2) is 42.7 Å². The summed E-state index contributed by atoms with van der Waals surface area (Å²) in [6.45, 7) is 5.18. The van der Waals surface area contributed by atoms with Crippen LogP contribution in [-0.2, 0) is 6.42 Å². The Bertz CT molecular complexity index is 1020. The van der Waals surface area contributed by atoms with Crippen LogP contribution in [0.25, 0.3) is 10.1 Å². The number of hydrogen-bond donors (Lipinski definition) is 1. The number of piperazine rings is 1. The van der Waals surface area contributed by atoms with E-state index in [-0.39, 0.29) is 30.7 Å². The molecule has 2 fully saturated rings. The zero-order valence-electron chi connectivity index (χ0n) is 17.2. The Hall–Kier alpha value is -1.93. The number of anilines is 1. The molecule has 166 valence electrons. The lowest BCUT2D eigenvalue weighted by Gasteiger charge is -2.35. The predicted octanol–water partition coefficient (Wildman–Crippen LogP) is 3.65. The number of benzene rings is 1. The van der Waals surface area contributed by atoms with E-state index < -0.39 is 0 Å². The van der Waals surface area contributed by atoms with Gasteiger partial charge >= 0.3 is 0 Å². The minimum absolute atomic E-state index is 0. The molecule has 1 amide bonds. The molecule has 1 N–H and O–H groups in total. The third-order valence-corrected chi connectivity index (χ3v) is 6.77. The number of carbonyl (C=O) groups excluding carboxylic acids is 1. The number of amides is 1. The molecule has 2 aliphatic heterocycles. The number of nitrogens with one attached hydrogen (secondary N) is 1. The first kappa shape index (κ1) is 23.7. The summed E-state index contributed by atoms with van der Waals surface area (Å²) in [5.74, 6) is 1.79. The Kier molecular flexibility index (Phi) is 8.11. The lowest BCUT2D eigenvalue weighted by atomic mass is 9.99. The van der Waals surface area contributed by atoms with Gasteiger partial charge in [0.1, 0.15) is 5.82 Å². The standard InChI is InChI=1S/C22H25N5OS.2ClH/c28-22(18-12-17(14-24-15-18)11-16-5-6-23-13-16)27-9-7-26(8-10-27)21-19-3-1-2-4-20(19)29-25-21;;/h1-4,12,14-16,23H,5-11,13H2;2*1H. The highest BCUT2D eigenvalue weighted by atomic mass is 35.5. The first-order valence-electron chi connectivity index (χ1n) is 10.3. The highest BCUT2D eigenvalue weighted by Gasteiger charge is 2.25. The molecule has 0 radical (unpaired) electrons. The van der Waals surface area contributed by atoms with E-state index in [9.17, 15) is 4.79 Å². The van der Waals surface area contributed by atoms with Crippen molar-refractivity contribution in [3.8, 4) is 0 Å². The van der Waals surface area contributed by atoms with Gasteiger partial charge in [-0.25, -0.2) is 0 Å². The zero-order valence-corrected chi connectivity index (χ0v) is 19.6. The van der Waals surface area contributed by atoms with E-state index >= 15 is 0 Å². The van der Waals surface area contributed by atoms with Gasteiger partial charge in [0.2, 0.25) is 0 Å². The number of aromatic nitrogens is 2. The summed E-state index contributed by atoms with van der Waals surface area (Å²) in [6, 6.07) is 10.4. The minimum Gasteiger partial charge on any atom is -0.352 e. The van der Waals surface area contributed by atoms with Crippen molar-refractivity contribution >= 4 is 58.2 Å². The van der Waals surface area contributed by atoms with Crippen molar-refractivity contribution in [2.45, 2.75) is 12.8 Å². The lowest BCUT2D eigenvalue weighted by molar-refractivity contribution is 0.0746. The fourth-order valence-corrected chi connectivity index (χ4v) is 5.14. The van der Waals surface area contributed by atoms with E-state index in [0.29, 0.717) is 24.6 Å². The van der Waals surface area contributed by atoms with Crippen LogP contribution in [0, 0.1) is 5.92 Å². The smallest absolute Gasteiger partial charge is 0.255 e. The van der Waals surface area contributed by atoms with Crippen LogP contribution in [0.5, 0.6) is 0 Å². The van der Waals surface area contributed by atoms with E-state index in [1.807, 2.05) is 23.2 Å². The molecule has 9 heteroatoms. The number of nitrogens with zero attached hydrogens (tertiary/aromatic N) is 4. The van der Waals surface area contributed by atoms with Crippen molar-refractivity contribution < 1.29 is 4.79 Å². The van der Waals surface area contributed by atoms with E-state index in [4.69, 9.17) is 0 Å². The molecule has 6 nitrogen and oxygen atoms in total. The van der Waals surface area contributed by atoms with Crippen molar-refractivity contribution in [2.75, 3.05) is 44.2 Å². The van der Waals surface area contributed by atoms with Gasteiger partial charge in [-0.2, -0.15) is 4.37 Å². The molecule has 0 saturated carbocycles. The molecule has 4 heterocycles. The first-order chi connectivity index (χ1) is 14.3. The van der Waals surface area contributed by atoms with Crippen molar-refractivity contribution in [1.82, 2.24) is 19.6 Å². The van der Waals surface area contributed by atoms with E-state index in [1.165, 1.54) is 16.5 Å². The van der Waals surface area contributed by atoms with Crippen LogP contribution in [0.2, 0.25) is 0 Å². The summed E-state index contributed by atoms with van der Waals surface area (Å²) in [5, 5.41) is 4.61. The van der Waals surface area contributed by atoms with Gasteiger partial charge in [0.25, 0.3) is 5.91 Å². The summed E-state index contributed by atoms with van der Waals surface area (Å²) >= 11 is 1.54. The predicted molar refractivity (Wildman–Crippen MR) is 131 cm³/mol. The molecule has 3 aromatic rings. The fraction of sp³-hybridized carbons (Fsp3) is 0.409. The van der Waals surface area contributed by atoms with Crippen molar-refractivity contribution in [1.29, 1.82) is 0 Å². The van der Waals surface area contributed by atoms with Gasteiger partial charge in [0, 0.05) is 44.0 Å². The maximum Gasteiger partial charge on any atom is 0.255 e. The van der Waals surface area contributed by atoms with Gasteiger partial charge in [-0.1, -0.05) is 12.1 Å². The summed E-state index contributed by atoms with van der Waals surface area (Å²) in [6.07, 6.45) is 5.80. The summed E-state index contributed by atoms with van der Waals surface area (Å²) in [4.78, 5) is 21.6. The fourth-order valence-electron chi connectivity index (χ4n) is 4.34. The largest absolute Gasteiger partial charge is 0.352 e. The molecular formula is C22H27Cl2N5OS. The SMILES string of the molecule is Cl.Cl.O=C(c1cncc(CC2CCNC2)c1)N1CCN(c2nsc3ccccc23)CC1. The molecule has 1 unspecified atom stereocenters. The number of carbonyl (C=O) groups is 1. The van der Waals surface area contributed by atoms with Crippen LogP contribution in [0.1, 0.15) is 22.3 Å². The number of hydrogen-bond acceptors (Lipinski definition) is 6. The molecule has 0 spiro atoms. The topological polar surface area (TPSA) is 61.4 Å². The molecule has 0 aliphatic carbocycles. The number of fused-ring (bicyclic) bond motifs is 1. The summed E-state index contributed by atoms with van der Waals surface area (Å²) in [7, 11) is 0. The first-order valence-corrected chi connectivity index (χ1v) is 11.1. The van der Waals surface area contributed by atoms with Gasteiger partial charge in [0.15, 0.2) is 0 Å². The molecule has 5 rings (SSSR count). The summed E-state index contributed by atoms with van der Waals surface area (Å²) < 4.78 is 5.87. The Morgan fingerprint density at radius 2 is 1.94 bits per heavy atom. The molecule has 2 saturated heterocycles. The van der Waals surface area contributed by atoms with Crippen molar-refractivity contribution in [3.05, 3.63) is 53.9 Å². The minimum atomic E-state index is 0. The second-order valence-corrected chi connectivity index (χ2v) is 8.73. The average molecular weight is 480 g/mol. The molecule has 2 aromatic heterocycles. The maximum absolute atomic E-state index is 13.0. The molecule has 1 atom stereocenters. The molecule has 31 heavy (non-hydrogen) atoms. The van der Waals surface area contributed by atoms with Crippen molar-refractivity contribution in [3.63, 3.8) is 0 Å². The quantitative estimate of drug-likeness (QED) is 0.618. The van der Waals surface area contributed by atoms with Gasteiger partial charge in [-0.15, -0.1) is 24.8 Å². The Morgan fingerprint density at radius 3 is 2.71 bits per heavy atom. The van der Waals surface area contributed by atoms with Gasteiger partial charge in [-0.05, 0) is 67.1 Å². The van der Waals surface area contributed by atoms with Crippen LogP contribution < -0.4 is 10.2 Å². The highest BCUT2D eigenvalue weighted by Crippen LogP contribution is 2.30. The average Bonchev–Trinajstić information content (AvgIpc) is 3.43. The third kappa shape index (κ3) is 5.12. The van der Waals surface area contributed by atoms with E-state index in [1.54, 1.807) is 17.7 Å². The Balaban J connectivity index is 0.00000136. The molecular weight excluding hydrogens is 453 g/mol.